The van der Waals surface area contributed by atoms with Gasteiger partial charge in [0.05, 0.1) is 18.2 Å². The Balaban J connectivity index is 1.68. The molecule has 1 amide bonds. The molecule has 4 rings (SSSR count). The Labute approximate surface area is 111 Å². The average molecular weight is 258 g/mol. The fraction of sp³-hybridized carbons (Fsp3) is 0.467. The Morgan fingerprint density at radius 2 is 2.11 bits per heavy atom. The number of carbonyl (C=O) groups is 1. The van der Waals surface area contributed by atoms with Crippen molar-refractivity contribution >= 4 is 11.6 Å². The minimum Gasteiger partial charge on any atom is -0.273 e. The van der Waals surface area contributed by atoms with Crippen molar-refractivity contribution in [3.05, 3.63) is 35.1 Å². The van der Waals surface area contributed by atoms with Crippen LogP contribution in [0.4, 0.5) is 4.39 Å². The van der Waals surface area contributed by atoms with Crippen molar-refractivity contribution < 1.29 is 9.18 Å². The number of amides is 1. The molecule has 0 radical (unpaired) electrons. The van der Waals surface area contributed by atoms with Gasteiger partial charge in [-0.1, -0.05) is 12.1 Å². The van der Waals surface area contributed by atoms with Crippen LogP contribution in [0.1, 0.15) is 42.9 Å². The number of hydrazone groups is 1. The highest BCUT2D eigenvalue weighted by Crippen LogP contribution is 2.41. The highest BCUT2D eigenvalue weighted by molar-refractivity contribution is 6.07. The number of rotatable bonds is 2. The highest BCUT2D eigenvalue weighted by Gasteiger charge is 2.40. The second-order valence-electron chi connectivity index (χ2n) is 5.64. The fourth-order valence-corrected chi connectivity index (χ4v) is 3.19. The van der Waals surface area contributed by atoms with Crippen LogP contribution in [0, 0.1) is 11.7 Å². The average Bonchev–Trinajstić information content (AvgIpc) is 3.04. The van der Waals surface area contributed by atoms with Gasteiger partial charge < -0.3 is 0 Å². The van der Waals surface area contributed by atoms with E-state index in [0.717, 1.165) is 36.1 Å². The molecular weight excluding hydrogens is 243 g/mol. The van der Waals surface area contributed by atoms with Crippen molar-refractivity contribution in [2.45, 2.75) is 38.1 Å². The number of carbonyl (C=O) groups excluding carboxylic acids is 1. The van der Waals surface area contributed by atoms with E-state index >= 15 is 0 Å². The summed E-state index contributed by atoms with van der Waals surface area (Å²) in [5, 5.41) is 6.13. The summed E-state index contributed by atoms with van der Waals surface area (Å²) >= 11 is 0. The van der Waals surface area contributed by atoms with Crippen LogP contribution < -0.4 is 0 Å². The van der Waals surface area contributed by atoms with Crippen molar-refractivity contribution in [2.24, 2.45) is 11.0 Å². The minimum atomic E-state index is -0.155. The SMILES string of the molecule is O=C1CC(C2CC2)=NN1C1CCc2c(F)cccc21. The third kappa shape index (κ3) is 1.70. The Bertz CT molecular complexity index is 592. The second-order valence-corrected chi connectivity index (χ2v) is 5.64. The molecule has 0 bridgehead atoms. The molecule has 1 atom stereocenters. The molecule has 4 heteroatoms. The summed E-state index contributed by atoms with van der Waals surface area (Å²) in [6.45, 7) is 0. The van der Waals surface area contributed by atoms with Crippen molar-refractivity contribution in [3.63, 3.8) is 0 Å². The van der Waals surface area contributed by atoms with Gasteiger partial charge in [-0.25, -0.2) is 9.40 Å². The van der Waals surface area contributed by atoms with Crippen LogP contribution in [0.15, 0.2) is 23.3 Å². The van der Waals surface area contributed by atoms with Gasteiger partial charge in [0.25, 0.3) is 0 Å². The zero-order valence-corrected chi connectivity index (χ0v) is 10.6. The van der Waals surface area contributed by atoms with E-state index in [1.807, 2.05) is 6.07 Å². The first-order valence-corrected chi connectivity index (χ1v) is 6.91. The monoisotopic (exact) mass is 258 g/mol. The van der Waals surface area contributed by atoms with Crippen LogP contribution in [0.2, 0.25) is 0 Å². The number of fused-ring (bicyclic) bond motifs is 1. The van der Waals surface area contributed by atoms with Crippen LogP contribution in [-0.2, 0) is 11.2 Å². The standard InChI is InChI=1S/C15H15FN2O/c16-12-3-1-2-11-10(12)6-7-14(11)18-15(19)8-13(17-18)9-4-5-9/h1-3,9,14H,4-8H2. The van der Waals surface area contributed by atoms with Gasteiger partial charge in [-0.3, -0.25) is 4.79 Å². The Morgan fingerprint density at radius 3 is 2.89 bits per heavy atom. The van der Waals surface area contributed by atoms with Crippen LogP contribution in [0.3, 0.4) is 0 Å². The van der Waals surface area contributed by atoms with Gasteiger partial charge in [-0.05, 0) is 48.8 Å². The first kappa shape index (κ1) is 11.1. The molecule has 3 aliphatic rings. The highest BCUT2D eigenvalue weighted by atomic mass is 19.1. The largest absolute Gasteiger partial charge is 0.273 e. The molecule has 0 saturated heterocycles. The normalized spacial score (nSPS) is 25.7. The summed E-state index contributed by atoms with van der Waals surface area (Å²) in [6, 6.07) is 5.08. The van der Waals surface area contributed by atoms with Gasteiger partial charge in [-0.15, -0.1) is 0 Å². The molecule has 1 saturated carbocycles. The molecule has 0 spiro atoms. The lowest BCUT2D eigenvalue weighted by molar-refractivity contribution is -0.131. The summed E-state index contributed by atoms with van der Waals surface area (Å²) in [7, 11) is 0. The predicted octanol–water partition coefficient (Wildman–Crippen LogP) is 2.81. The molecule has 3 nitrogen and oxygen atoms in total. The van der Waals surface area contributed by atoms with Gasteiger partial charge in [0.1, 0.15) is 5.82 Å². The van der Waals surface area contributed by atoms with E-state index in [1.54, 1.807) is 11.1 Å². The first-order valence-electron chi connectivity index (χ1n) is 6.91. The molecule has 1 aromatic carbocycles. The number of nitrogens with zero attached hydrogens (tertiary/aromatic N) is 2. The lowest BCUT2D eigenvalue weighted by Crippen LogP contribution is -2.24. The fourth-order valence-electron chi connectivity index (χ4n) is 3.19. The minimum absolute atomic E-state index is 0.0607. The smallest absolute Gasteiger partial charge is 0.248 e. The number of benzene rings is 1. The third-order valence-corrected chi connectivity index (χ3v) is 4.35. The topological polar surface area (TPSA) is 32.7 Å². The molecule has 1 aromatic rings. The first-order chi connectivity index (χ1) is 9.24. The van der Waals surface area contributed by atoms with E-state index in [0.29, 0.717) is 18.8 Å². The van der Waals surface area contributed by atoms with Crippen LogP contribution in [0.25, 0.3) is 0 Å². The van der Waals surface area contributed by atoms with E-state index in [2.05, 4.69) is 5.10 Å². The molecule has 2 aliphatic carbocycles. The quantitative estimate of drug-likeness (QED) is 0.802. The lowest BCUT2D eigenvalue weighted by Gasteiger charge is -2.21. The van der Waals surface area contributed by atoms with Crippen molar-refractivity contribution in [1.29, 1.82) is 0 Å². The van der Waals surface area contributed by atoms with Crippen LogP contribution >= 0.6 is 0 Å². The molecule has 1 fully saturated rings. The molecule has 1 heterocycles. The summed E-state index contributed by atoms with van der Waals surface area (Å²) in [6.07, 6.45) is 4.27. The summed E-state index contributed by atoms with van der Waals surface area (Å²) in [5.74, 6) is 0.449. The van der Waals surface area contributed by atoms with Crippen LogP contribution in [0.5, 0.6) is 0 Å². The van der Waals surface area contributed by atoms with E-state index in [1.165, 1.54) is 6.07 Å². The van der Waals surface area contributed by atoms with E-state index in [4.69, 9.17) is 0 Å². The maximum absolute atomic E-state index is 13.7. The lowest BCUT2D eigenvalue weighted by atomic mass is 10.1. The molecule has 98 valence electrons. The summed E-state index contributed by atoms with van der Waals surface area (Å²) in [4.78, 5) is 12.1. The molecule has 1 aliphatic heterocycles. The van der Waals surface area contributed by atoms with E-state index < -0.39 is 0 Å². The Kier molecular flexibility index (Phi) is 2.28. The molecule has 19 heavy (non-hydrogen) atoms. The predicted molar refractivity (Wildman–Crippen MR) is 69.1 cm³/mol. The van der Waals surface area contributed by atoms with Crippen LogP contribution in [-0.4, -0.2) is 16.6 Å². The van der Waals surface area contributed by atoms with Gasteiger partial charge in [0.2, 0.25) is 5.91 Å². The molecule has 0 N–H and O–H groups in total. The summed E-state index contributed by atoms with van der Waals surface area (Å²) < 4.78 is 13.7. The van der Waals surface area contributed by atoms with Crippen molar-refractivity contribution in [3.8, 4) is 0 Å². The maximum atomic E-state index is 13.7. The zero-order chi connectivity index (χ0) is 13.0. The maximum Gasteiger partial charge on any atom is 0.248 e. The number of halogens is 1. The second kappa shape index (κ2) is 3.89. The van der Waals surface area contributed by atoms with E-state index in [9.17, 15) is 9.18 Å². The number of hydrogen-bond acceptors (Lipinski definition) is 2. The Morgan fingerprint density at radius 1 is 1.26 bits per heavy atom. The Hall–Kier alpha value is -1.71. The van der Waals surface area contributed by atoms with Gasteiger partial charge in [0.15, 0.2) is 0 Å². The van der Waals surface area contributed by atoms with Crippen molar-refractivity contribution in [2.75, 3.05) is 0 Å². The molecular formula is C15H15FN2O. The number of hydrogen-bond donors (Lipinski definition) is 0. The van der Waals surface area contributed by atoms with Gasteiger partial charge in [-0.2, -0.15) is 5.10 Å². The molecule has 1 unspecified atom stereocenters. The summed E-state index contributed by atoms with van der Waals surface area (Å²) in [5.41, 5.74) is 2.74. The van der Waals surface area contributed by atoms with Gasteiger partial charge >= 0.3 is 0 Å². The van der Waals surface area contributed by atoms with E-state index in [-0.39, 0.29) is 17.8 Å². The molecule has 0 aromatic heterocycles. The zero-order valence-electron chi connectivity index (χ0n) is 10.6. The van der Waals surface area contributed by atoms with Gasteiger partial charge in [0, 0.05) is 0 Å². The third-order valence-electron chi connectivity index (χ3n) is 4.35. The van der Waals surface area contributed by atoms with Crippen molar-refractivity contribution in [1.82, 2.24) is 5.01 Å².